The Kier molecular flexibility index (Phi) is 5.65. The number of benzene rings is 1. The number of nitriles is 1. The molecular formula is C27H30N4O2. The number of aromatic nitrogens is 1. The van der Waals surface area contributed by atoms with Crippen LogP contribution in [-0.4, -0.2) is 21.8 Å². The van der Waals surface area contributed by atoms with Crippen molar-refractivity contribution in [2.24, 2.45) is 28.3 Å². The monoisotopic (exact) mass is 442 g/mol. The summed E-state index contributed by atoms with van der Waals surface area (Å²) in [7, 11) is 0. The van der Waals surface area contributed by atoms with Gasteiger partial charge in [-0.3, -0.25) is 4.79 Å². The van der Waals surface area contributed by atoms with E-state index in [1.807, 2.05) is 6.07 Å². The summed E-state index contributed by atoms with van der Waals surface area (Å²) in [4.78, 5) is 16.8. The van der Waals surface area contributed by atoms with E-state index in [4.69, 9.17) is 5.26 Å². The summed E-state index contributed by atoms with van der Waals surface area (Å²) in [6.07, 6.45) is 7.84. The molecule has 2 N–H and O–H groups in total. The number of carbonyl (C=O) groups is 1. The third-order valence-corrected chi connectivity index (χ3v) is 8.54. The number of anilines is 1. The maximum absolute atomic E-state index is 12.7. The third kappa shape index (κ3) is 3.80. The van der Waals surface area contributed by atoms with E-state index >= 15 is 0 Å². The summed E-state index contributed by atoms with van der Waals surface area (Å²) in [6.45, 7) is 2.28. The van der Waals surface area contributed by atoms with Gasteiger partial charge in [0.05, 0.1) is 11.3 Å². The van der Waals surface area contributed by atoms with Crippen LogP contribution in [0.4, 0.5) is 5.82 Å². The van der Waals surface area contributed by atoms with Gasteiger partial charge in [0, 0.05) is 18.0 Å². The van der Waals surface area contributed by atoms with Crippen molar-refractivity contribution in [1.82, 2.24) is 4.98 Å². The van der Waals surface area contributed by atoms with Crippen LogP contribution in [-0.2, 0) is 11.2 Å². The van der Waals surface area contributed by atoms with E-state index in [1.165, 1.54) is 23.7 Å². The van der Waals surface area contributed by atoms with Gasteiger partial charge < -0.3 is 10.5 Å². The minimum atomic E-state index is -0.0853. The fraction of sp³-hybridized carbons (Fsp3) is 0.481. The van der Waals surface area contributed by atoms with Gasteiger partial charge in [-0.05, 0) is 85.5 Å². The minimum Gasteiger partial charge on any atom is -0.411 e. The number of nitrogens with one attached hydrogen (secondary N) is 1. The first-order valence-electron chi connectivity index (χ1n) is 12.0. The number of rotatable bonds is 4. The molecule has 1 heterocycles. The fourth-order valence-corrected chi connectivity index (χ4v) is 7.08. The van der Waals surface area contributed by atoms with Gasteiger partial charge in [0.15, 0.2) is 0 Å². The molecule has 3 unspecified atom stereocenters. The highest BCUT2D eigenvalue weighted by Gasteiger charge is 2.57. The standard InChI is InChI=1S/C27H30N4O2/c1-27-13-12-21-20-5-3-2-4-18(20)7-9-22(21)26(27)19(14-23(27)31-33)8-11-25(32)30-24-10-6-17(15-28)16-29-24/h2-6,10,16,19,21-22,26,33H,7-9,11-14H2,1H3,(H,29,30,32)/b31-23+/t19-,21?,22?,26?,27-/m1/s1. The lowest BCUT2D eigenvalue weighted by Crippen LogP contribution is -2.44. The van der Waals surface area contributed by atoms with Gasteiger partial charge in [-0.2, -0.15) is 5.26 Å². The number of nitrogens with zero attached hydrogens (tertiary/aromatic N) is 3. The first kappa shape index (κ1) is 21.6. The Morgan fingerprint density at radius 2 is 2.15 bits per heavy atom. The van der Waals surface area contributed by atoms with Crippen molar-refractivity contribution in [3.8, 4) is 6.07 Å². The molecule has 6 nitrogen and oxygen atoms in total. The average Bonchev–Trinajstić information content (AvgIpc) is 3.14. The molecule has 0 bridgehead atoms. The molecule has 0 aliphatic heterocycles. The zero-order valence-electron chi connectivity index (χ0n) is 19.0. The lowest BCUT2D eigenvalue weighted by atomic mass is 9.54. The Labute approximate surface area is 194 Å². The Hall–Kier alpha value is -3.20. The summed E-state index contributed by atoms with van der Waals surface area (Å²) >= 11 is 0. The first-order chi connectivity index (χ1) is 16.0. The molecule has 33 heavy (non-hydrogen) atoms. The Bertz CT molecular complexity index is 1120. The van der Waals surface area contributed by atoms with E-state index < -0.39 is 0 Å². The minimum absolute atomic E-state index is 0.0651. The molecule has 5 atom stereocenters. The highest BCUT2D eigenvalue weighted by molar-refractivity contribution is 5.93. The summed E-state index contributed by atoms with van der Waals surface area (Å²) < 4.78 is 0. The summed E-state index contributed by atoms with van der Waals surface area (Å²) in [6, 6.07) is 14.2. The molecule has 6 heteroatoms. The van der Waals surface area contributed by atoms with Gasteiger partial charge in [0.25, 0.3) is 0 Å². The zero-order valence-corrected chi connectivity index (χ0v) is 19.0. The molecule has 2 fully saturated rings. The van der Waals surface area contributed by atoms with E-state index in [0.717, 1.165) is 37.8 Å². The van der Waals surface area contributed by atoms with Crippen molar-refractivity contribution in [2.45, 2.75) is 57.8 Å². The zero-order chi connectivity index (χ0) is 23.0. The van der Waals surface area contributed by atoms with Crippen molar-refractivity contribution in [3.63, 3.8) is 0 Å². The van der Waals surface area contributed by atoms with Crippen molar-refractivity contribution < 1.29 is 10.0 Å². The van der Waals surface area contributed by atoms with Crippen LogP contribution in [0.1, 0.15) is 68.1 Å². The maximum atomic E-state index is 12.7. The van der Waals surface area contributed by atoms with E-state index in [9.17, 15) is 10.0 Å². The highest BCUT2D eigenvalue weighted by atomic mass is 16.4. The Morgan fingerprint density at radius 1 is 1.30 bits per heavy atom. The van der Waals surface area contributed by atoms with E-state index in [1.54, 1.807) is 12.1 Å². The second kappa shape index (κ2) is 8.62. The topological polar surface area (TPSA) is 98.4 Å². The van der Waals surface area contributed by atoms with Gasteiger partial charge in [-0.1, -0.05) is 36.3 Å². The quantitative estimate of drug-likeness (QED) is 0.497. The predicted molar refractivity (Wildman–Crippen MR) is 126 cm³/mol. The fourth-order valence-electron chi connectivity index (χ4n) is 7.08. The number of hydrogen-bond donors (Lipinski definition) is 2. The number of aryl methyl sites for hydroxylation is 1. The summed E-state index contributed by atoms with van der Waals surface area (Å²) in [5.74, 6) is 2.28. The van der Waals surface area contributed by atoms with Crippen LogP contribution in [0.3, 0.4) is 0 Å². The molecule has 3 aliphatic carbocycles. The van der Waals surface area contributed by atoms with Crippen molar-refractivity contribution in [3.05, 3.63) is 59.3 Å². The van der Waals surface area contributed by atoms with Gasteiger partial charge in [0.1, 0.15) is 11.9 Å². The Balaban J connectivity index is 1.32. The second-order valence-corrected chi connectivity index (χ2v) is 10.1. The molecule has 1 amide bonds. The van der Waals surface area contributed by atoms with Gasteiger partial charge in [-0.15, -0.1) is 0 Å². The van der Waals surface area contributed by atoms with Gasteiger partial charge >= 0.3 is 0 Å². The summed E-state index contributed by atoms with van der Waals surface area (Å²) in [5.41, 5.74) is 4.30. The number of carbonyl (C=O) groups excluding carboxylic acids is 1. The number of fused-ring (bicyclic) bond motifs is 5. The largest absolute Gasteiger partial charge is 0.411 e. The van der Waals surface area contributed by atoms with E-state index in [0.29, 0.717) is 41.5 Å². The predicted octanol–water partition coefficient (Wildman–Crippen LogP) is 5.28. The van der Waals surface area contributed by atoms with Crippen molar-refractivity contribution in [2.75, 3.05) is 5.32 Å². The lowest BCUT2D eigenvalue weighted by Gasteiger charge is -2.50. The lowest BCUT2D eigenvalue weighted by molar-refractivity contribution is -0.116. The molecule has 0 radical (unpaired) electrons. The van der Waals surface area contributed by atoms with E-state index in [-0.39, 0.29) is 11.3 Å². The van der Waals surface area contributed by atoms with Crippen molar-refractivity contribution >= 4 is 17.4 Å². The van der Waals surface area contributed by atoms with Crippen LogP contribution >= 0.6 is 0 Å². The first-order valence-corrected chi connectivity index (χ1v) is 12.0. The molecule has 0 spiro atoms. The molecule has 170 valence electrons. The molecule has 2 saturated carbocycles. The average molecular weight is 443 g/mol. The smallest absolute Gasteiger partial charge is 0.225 e. The molecular weight excluding hydrogens is 412 g/mol. The highest BCUT2D eigenvalue weighted by Crippen LogP contribution is 2.62. The maximum Gasteiger partial charge on any atom is 0.225 e. The molecule has 3 aliphatic rings. The van der Waals surface area contributed by atoms with Gasteiger partial charge in [0.2, 0.25) is 5.91 Å². The SMILES string of the molecule is C[C@]12CCC3c4ccccc4CCC3C1[C@H](CCC(=O)Nc1ccc(C#N)cn1)C/C2=N\O. The van der Waals surface area contributed by atoms with Crippen molar-refractivity contribution in [1.29, 1.82) is 5.26 Å². The number of oxime groups is 1. The van der Waals surface area contributed by atoms with Crippen LogP contribution in [0.2, 0.25) is 0 Å². The van der Waals surface area contributed by atoms with Crippen LogP contribution in [0, 0.1) is 34.5 Å². The Morgan fingerprint density at radius 3 is 2.91 bits per heavy atom. The normalized spacial score (nSPS) is 31.2. The molecule has 1 aromatic heterocycles. The molecule has 5 rings (SSSR count). The molecule has 1 aromatic carbocycles. The molecule has 2 aromatic rings. The van der Waals surface area contributed by atoms with Crippen LogP contribution in [0.5, 0.6) is 0 Å². The van der Waals surface area contributed by atoms with Crippen LogP contribution < -0.4 is 5.32 Å². The number of amides is 1. The summed E-state index contributed by atoms with van der Waals surface area (Å²) in [5, 5.41) is 25.4. The van der Waals surface area contributed by atoms with E-state index in [2.05, 4.69) is 46.6 Å². The molecule has 0 saturated heterocycles. The number of pyridine rings is 1. The van der Waals surface area contributed by atoms with Gasteiger partial charge in [-0.25, -0.2) is 4.98 Å². The third-order valence-electron chi connectivity index (χ3n) is 8.54. The number of hydrogen-bond acceptors (Lipinski definition) is 5. The van der Waals surface area contributed by atoms with Crippen LogP contribution in [0.25, 0.3) is 0 Å². The second-order valence-electron chi connectivity index (χ2n) is 10.1. The van der Waals surface area contributed by atoms with Crippen LogP contribution in [0.15, 0.2) is 47.8 Å².